The van der Waals surface area contributed by atoms with Gasteiger partial charge in [-0.2, -0.15) is 0 Å². The van der Waals surface area contributed by atoms with Crippen molar-refractivity contribution in [3.05, 3.63) is 34.9 Å². The van der Waals surface area contributed by atoms with Crippen molar-refractivity contribution in [2.45, 2.75) is 33.7 Å². The first-order valence-corrected chi connectivity index (χ1v) is 6.19. The van der Waals surface area contributed by atoms with Gasteiger partial charge in [0.1, 0.15) is 5.84 Å². The predicted octanol–water partition coefficient (Wildman–Crippen LogP) is 4.36. The maximum atomic E-state index is 8.18. The van der Waals surface area contributed by atoms with Crippen LogP contribution in [-0.2, 0) is 0 Å². The summed E-state index contributed by atoms with van der Waals surface area (Å²) in [7, 11) is 1.95. The number of hydrogen-bond acceptors (Lipinski definition) is 1. The fourth-order valence-corrected chi connectivity index (χ4v) is 2.04. The number of rotatable bonds is 2. The molecule has 0 aromatic heterocycles. The molecular formula is C14H21ClN2. The number of nitrogens with zero attached hydrogens (tertiary/aromatic N) is 1. The third-order valence-corrected chi connectivity index (χ3v) is 3.34. The molecule has 0 radical (unpaired) electrons. The van der Waals surface area contributed by atoms with E-state index in [1.807, 2.05) is 57.0 Å². The van der Waals surface area contributed by atoms with Gasteiger partial charge >= 0.3 is 0 Å². The van der Waals surface area contributed by atoms with Gasteiger partial charge in [0.2, 0.25) is 0 Å². The van der Waals surface area contributed by atoms with Crippen molar-refractivity contribution in [2.24, 2.45) is 5.41 Å². The van der Waals surface area contributed by atoms with E-state index in [0.717, 1.165) is 10.6 Å². The molecule has 0 amide bonds. The molecule has 17 heavy (non-hydrogen) atoms. The first-order valence-electron chi connectivity index (χ1n) is 5.81. The van der Waals surface area contributed by atoms with Crippen LogP contribution in [0.2, 0.25) is 5.02 Å². The summed E-state index contributed by atoms with van der Waals surface area (Å²) in [5.41, 5.74) is 0.912. The van der Waals surface area contributed by atoms with Gasteiger partial charge in [-0.1, -0.05) is 50.6 Å². The molecule has 2 nitrogen and oxygen atoms in total. The second kappa shape index (κ2) is 5.09. The van der Waals surface area contributed by atoms with Crippen molar-refractivity contribution in [2.75, 3.05) is 7.05 Å². The number of hydrogen-bond donors (Lipinski definition) is 1. The third-order valence-electron chi connectivity index (χ3n) is 3.00. The lowest BCUT2D eigenvalue weighted by atomic mass is 9.93. The molecule has 0 heterocycles. The number of amidine groups is 1. The molecule has 0 aliphatic carbocycles. The maximum Gasteiger partial charge on any atom is 0.101 e. The van der Waals surface area contributed by atoms with E-state index in [4.69, 9.17) is 17.0 Å². The van der Waals surface area contributed by atoms with Crippen LogP contribution in [0.15, 0.2) is 24.3 Å². The van der Waals surface area contributed by atoms with Crippen LogP contribution in [0.1, 0.15) is 39.3 Å². The molecular weight excluding hydrogens is 232 g/mol. The van der Waals surface area contributed by atoms with Crippen molar-refractivity contribution in [3.8, 4) is 0 Å². The van der Waals surface area contributed by atoms with E-state index in [2.05, 4.69) is 6.92 Å². The fourth-order valence-electron chi connectivity index (χ4n) is 1.75. The Morgan fingerprint density at radius 2 is 1.82 bits per heavy atom. The quantitative estimate of drug-likeness (QED) is 0.615. The van der Waals surface area contributed by atoms with Gasteiger partial charge in [0.25, 0.3) is 0 Å². The van der Waals surface area contributed by atoms with Crippen LogP contribution >= 0.6 is 11.6 Å². The standard InChI is InChI=1S/C14H21ClN2/c1-10(11-8-6-7-9-12(11)15)17(5)13(16)14(2,3)4/h6-10,16H,1-5H3. The summed E-state index contributed by atoms with van der Waals surface area (Å²) in [6.45, 7) is 8.21. The van der Waals surface area contributed by atoms with Gasteiger partial charge in [0, 0.05) is 17.5 Å². The summed E-state index contributed by atoms with van der Waals surface area (Å²) < 4.78 is 0. The van der Waals surface area contributed by atoms with Crippen LogP contribution in [0.5, 0.6) is 0 Å². The van der Waals surface area contributed by atoms with Gasteiger partial charge in [0.15, 0.2) is 0 Å². The Hall–Kier alpha value is -1.02. The number of nitrogens with one attached hydrogen (secondary N) is 1. The highest BCUT2D eigenvalue weighted by Crippen LogP contribution is 2.29. The molecule has 0 aliphatic rings. The van der Waals surface area contributed by atoms with E-state index < -0.39 is 0 Å². The molecule has 3 heteroatoms. The Labute approximate surface area is 109 Å². The topological polar surface area (TPSA) is 27.1 Å². The van der Waals surface area contributed by atoms with Crippen molar-refractivity contribution >= 4 is 17.4 Å². The minimum atomic E-state index is -0.149. The lowest BCUT2D eigenvalue weighted by Gasteiger charge is -2.34. The van der Waals surface area contributed by atoms with Gasteiger partial charge in [-0.25, -0.2) is 0 Å². The van der Waals surface area contributed by atoms with Crippen LogP contribution in [0.3, 0.4) is 0 Å². The number of benzene rings is 1. The van der Waals surface area contributed by atoms with Gasteiger partial charge < -0.3 is 4.90 Å². The summed E-state index contributed by atoms with van der Waals surface area (Å²) in [5.74, 6) is 0.616. The Kier molecular flexibility index (Phi) is 4.21. The molecule has 94 valence electrons. The smallest absolute Gasteiger partial charge is 0.101 e. The van der Waals surface area contributed by atoms with E-state index in [0.29, 0.717) is 5.84 Å². The largest absolute Gasteiger partial charge is 0.356 e. The average Bonchev–Trinajstić information content (AvgIpc) is 2.25. The molecule has 1 aromatic carbocycles. The summed E-state index contributed by atoms with van der Waals surface area (Å²) in [6.07, 6.45) is 0. The fraction of sp³-hybridized carbons (Fsp3) is 0.500. The Morgan fingerprint density at radius 1 is 1.29 bits per heavy atom. The Bertz CT molecular complexity index is 407. The molecule has 1 N–H and O–H groups in total. The van der Waals surface area contributed by atoms with E-state index >= 15 is 0 Å². The molecule has 0 fully saturated rings. The van der Waals surface area contributed by atoms with Crippen molar-refractivity contribution in [1.82, 2.24) is 4.90 Å². The highest BCUT2D eigenvalue weighted by molar-refractivity contribution is 6.31. The van der Waals surface area contributed by atoms with Gasteiger partial charge in [0.05, 0.1) is 6.04 Å². The monoisotopic (exact) mass is 252 g/mol. The highest BCUT2D eigenvalue weighted by atomic mass is 35.5. The van der Waals surface area contributed by atoms with E-state index in [1.165, 1.54) is 0 Å². The van der Waals surface area contributed by atoms with Crippen LogP contribution in [0.25, 0.3) is 0 Å². The number of halogens is 1. The lowest BCUT2D eigenvalue weighted by molar-refractivity contribution is 0.353. The summed E-state index contributed by atoms with van der Waals surface area (Å²) in [5, 5.41) is 8.94. The van der Waals surface area contributed by atoms with Gasteiger partial charge in [-0.15, -0.1) is 0 Å². The molecule has 1 aromatic rings. The van der Waals surface area contributed by atoms with Crippen LogP contribution in [0, 0.1) is 10.8 Å². The molecule has 0 saturated heterocycles. The van der Waals surface area contributed by atoms with Crippen LogP contribution in [-0.4, -0.2) is 17.8 Å². The predicted molar refractivity (Wildman–Crippen MR) is 74.8 cm³/mol. The van der Waals surface area contributed by atoms with Crippen molar-refractivity contribution in [1.29, 1.82) is 5.41 Å². The second-order valence-corrected chi connectivity index (χ2v) is 5.81. The zero-order chi connectivity index (χ0) is 13.2. The van der Waals surface area contributed by atoms with Crippen LogP contribution in [0.4, 0.5) is 0 Å². The van der Waals surface area contributed by atoms with Crippen molar-refractivity contribution < 1.29 is 0 Å². The zero-order valence-corrected chi connectivity index (χ0v) is 12.0. The minimum Gasteiger partial charge on any atom is -0.356 e. The van der Waals surface area contributed by atoms with Crippen LogP contribution < -0.4 is 0 Å². The van der Waals surface area contributed by atoms with E-state index in [1.54, 1.807) is 0 Å². The zero-order valence-electron chi connectivity index (χ0n) is 11.2. The molecule has 0 aliphatic heterocycles. The summed E-state index contributed by atoms with van der Waals surface area (Å²) >= 11 is 6.18. The molecule has 0 bridgehead atoms. The Balaban J connectivity index is 2.95. The average molecular weight is 253 g/mol. The minimum absolute atomic E-state index is 0.107. The molecule has 1 unspecified atom stereocenters. The normalized spacial score (nSPS) is 13.3. The molecule has 1 atom stereocenters. The first-order chi connectivity index (χ1) is 7.75. The molecule has 0 saturated carbocycles. The van der Waals surface area contributed by atoms with E-state index in [-0.39, 0.29) is 11.5 Å². The van der Waals surface area contributed by atoms with Gasteiger partial charge in [-0.3, -0.25) is 5.41 Å². The summed E-state index contributed by atoms with van der Waals surface area (Å²) in [4.78, 5) is 1.97. The van der Waals surface area contributed by atoms with Crippen molar-refractivity contribution in [3.63, 3.8) is 0 Å². The second-order valence-electron chi connectivity index (χ2n) is 5.41. The molecule has 1 rings (SSSR count). The third kappa shape index (κ3) is 3.22. The maximum absolute atomic E-state index is 8.18. The lowest BCUT2D eigenvalue weighted by Crippen LogP contribution is -2.37. The van der Waals surface area contributed by atoms with Gasteiger partial charge in [-0.05, 0) is 18.6 Å². The highest BCUT2D eigenvalue weighted by Gasteiger charge is 2.25. The molecule has 0 spiro atoms. The summed E-state index contributed by atoms with van der Waals surface area (Å²) in [6, 6.07) is 7.91. The Morgan fingerprint density at radius 3 is 2.29 bits per heavy atom. The van der Waals surface area contributed by atoms with E-state index in [9.17, 15) is 0 Å². The SMILES string of the molecule is CC(c1ccccc1Cl)N(C)C(=N)C(C)(C)C. The first kappa shape index (κ1) is 14.0.